The van der Waals surface area contributed by atoms with Crippen LogP contribution in [0.25, 0.3) is 0 Å². The molecule has 0 amide bonds. The number of rotatable bonds is 5. The van der Waals surface area contributed by atoms with Crippen LogP contribution >= 0.6 is 0 Å². The quantitative estimate of drug-likeness (QED) is 0.623. The number of carbonyl (C=O) groups excluding carboxylic acids is 1. The second kappa shape index (κ2) is 7.18. The SMILES string of the molecule is CCCCn1nc(C(=O)Oc2ccc(C#N)cc2)ccc1=O. The Balaban J connectivity index is 2.15. The average molecular weight is 297 g/mol. The van der Waals surface area contributed by atoms with Crippen molar-refractivity contribution in [2.24, 2.45) is 0 Å². The van der Waals surface area contributed by atoms with Gasteiger partial charge in [0.25, 0.3) is 5.56 Å². The number of aryl methyl sites for hydroxylation is 1. The highest BCUT2D eigenvalue weighted by Gasteiger charge is 2.12. The van der Waals surface area contributed by atoms with E-state index in [1.807, 2.05) is 13.0 Å². The number of benzene rings is 1. The van der Waals surface area contributed by atoms with Crippen LogP contribution in [0.5, 0.6) is 5.75 Å². The van der Waals surface area contributed by atoms with E-state index in [-0.39, 0.29) is 11.3 Å². The van der Waals surface area contributed by atoms with Gasteiger partial charge in [-0.25, -0.2) is 9.48 Å². The van der Waals surface area contributed by atoms with Crippen molar-refractivity contribution in [2.75, 3.05) is 0 Å². The largest absolute Gasteiger partial charge is 0.422 e. The van der Waals surface area contributed by atoms with E-state index in [0.717, 1.165) is 12.8 Å². The van der Waals surface area contributed by atoms with Crippen molar-refractivity contribution >= 4 is 5.97 Å². The standard InChI is InChI=1S/C16H15N3O3/c1-2-3-10-19-15(20)9-8-14(18-19)16(21)22-13-6-4-12(11-17)5-7-13/h4-9H,2-3,10H2,1H3. The Bertz CT molecular complexity index is 757. The summed E-state index contributed by atoms with van der Waals surface area (Å²) in [7, 11) is 0. The van der Waals surface area contributed by atoms with Crippen LogP contribution in [-0.2, 0) is 6.54 Å². The van der Waals surface area contributed by atoms with Gasteiger partial charge in [0.2, 0.25) is 0 Å². The maximum atomic E-state index is 12.0. The molecule has 0 unspecified atom stereocenters. The van der Waals surface area contributed by atoms with Crippen molar-refractivity contribution in [1.29, 1.82) is 5.26 Å². The number of hydrogen-bond acceptors (Lipinski definition) is 5. The maximum absolute atomic E-state index is 12.0. The number of aromatic nitrogens is 2. The van der Waals surface area contributed by atoms with E-state index in [9.17, 15) is 9.59 Å². The van der Waals surface area contributed by atoms with Gasteiger partial charge in [0, 0.05) is 12.6 Å². The van der Waals surface area contributed by atoms with Crippen LogP contribution in [0, 0.1) is 11.3 Å². The third-order valence-corrected chi connectivity index (χ3v) is 2.99. The van der Waals surface area contributed by atoms with E-state index in [2.05, 4.69) is 5.10 Å². The fourth-order valence-electron chi connectivity index (χ4n) is 1.78. The topological polar surface area (TPSA) is 85.0 Å². The van der Waals surface area contributed by atoms with Crippen molar-refractivity contribution in [3.63, 3.8) is 0 Å². The molecule has 0 aliphatic carbocycles. The number of carbonyl (C=O) groups is 1. The molecule has 0 bridgehead atoms. The molecule has 0 aliphatic heterocycles. The third-order valence-electron chi connectivity index (χ3n) is 2.99. The van der Waals surface area contributed by atoms with Crippen molar-refractivity contribution in [1.82, 2.24) is 9.78 Å². The van der Waals surface area contributed by atoms with Gasteiger partial charge in [-0.05, 0) is 36.8 Å². The summed E-state index contributed by atoms with van der Waals surface area (Å²) in [5, 5.41) is 12.7. The van der Waals surface area contributed by atoms with Crippen molar-refractivity contribution < 1.29 is 9.53 Å². The first-order valence-corrected chi connectivity index (χ1v) is 6.94. The number of nitriles is 1. The van der Waals surface area contributed by atoms with Crippen molar-refractivity contribution in [3.8, 4) is 11.8 Å². The average Bonchev–Trinajstić information content (AvgIpc) is 2.54. The lowest BCUT2D eigenvalue weighted by Gasteiger charge is -2.06. The fraction of sp³-hybridized carbons (Fsp3) is 0.250. The number of hydrogen-bond donors (Lipinski definition) is 0. The normalized spacial score (nSPS) is 10.0. The zero-order valence-electron chi connectivity index (χ0n) is 12.2. The van der Waals surface area contributed by atoms with Crippen molar-refractivity contribution in [2.45, 2.75) is 26.3 Å². The Morgan fingerprint density at radius 2 is 2.00 bits per heavy atom. The zero-order chi connectivity index (χ0) is 15.9. The van der Waals surface area contributed by atoms with E-state index in [1.54, 1.807) is 12.1 Å². The van der Waals surface area contributed by atoms with Crippen molar-refractivity contribution in [3.05, 3.63) is 58.0 Å². The Morgan fingerprint density at radius 3 is 2.64 bits per heavy atom. The Labute approximate surface area is 127 Å². The highest BCUT2D eigenvalue weighted by molar-refractivity contribution is 5.88. The maximum Gasteiger partial charge on any atom is 0.364 e. The second-order valence-electron chi connectivity index (χ2n) is 4.66. The summed E-state index contributed by atoms with van der Waals surface area (Å²) in [5.41, 5.74) is 0.300. The molecule has 0 spiro atoms. The molecule has 2 rings (SSSR count). The predicted octanol–water partition coefficient (Wildman–Crippen LogP) is 2.13. The van der Waals surface area contributed by atoms with Crippen LogP contribution in [0.3, 0.4) is 0 Å². The van der Waals surface area contributed by atoms with E-state index in [4.69, 9.17) is 10.00 Å². The van der Waals surface area contributed by atoms with Gasteiger partial charge < -0.3 is 4.74 Å². The Morgan fingerprint density at radius 1 is 1.27 bits per heavy atom. The van der Waals surface area contributed by atoms with Crippen LogP contribution in [-0.4, -0.2) is 15.7 Å². The molecule has 6 nitrogen and oxygen atoms in total. The van der Waals surface area contributed by atoms with Gasteiger partial charge in [-0.3, -0.25) is 4.79 Å². The summed E-state index contributed by atoms with van der Waals surface area (Å²) in [4.78, 5) is 23.7. The molecule has 2 aromatic rings. The molecule has 0 atom stereocenters. The summed E-state index contributed by atoms with van der Waals surface area (Å²) >= 11 is 0. The first kappa shape index (κ1) is 15.4. The smallest absolute Gasteiger partial charge is 0.364 e. The lowest BCUT2D eigenvalue weighted by Crippen LogP contribution is -2.25. The molecule has 1 heterocycles. The molecule has 0 aliphatic rings. The summed E-state index contributed by atoms with van der Waals surface area (Å²) in [6, 6.07) is 10.8. The molecule has 0 saturated heterocycles. The summed E-state index contributed by atoms with van der Waals surface area (Å²) in [6.07, 6.45) is 1.73. The first-order chi connectivity index (χ1) is 10.6. The van der Waals surface area contributed by atoms with Crippen LogP contribution in [0.1, 0.15) is 35.8 Å². The predicted molar refractivity (Wildman–Crippen MR) is 79.5 cm³/mol. The molecule has 0 fully saturated rings. The van der Waals surface area contributed by atoms with Gasteiger partial charge in [-0.15, -0.1) is 0 Å². The van der Waals surface area contributed by atoms with Crippen LogP contribution < -0.4 is 10.3 Å². The lowest BCUT2D eigenvalue weighted by atomic mass is 10.2. The minimum Gasteiger partial charge on any atom is -0.422 e. The number of nitrogens with zero attached hydrogens (tertiary/aromatic N) is 3. The molecule has 0 radical (unpaired) electrons. The van der Waals surface area contributed by atoms with E-state index >= 15 is 0 Å². The molecular formula is C16H15N3O3. The minimum atomic E-state index is -0.644. The second-order valence-corrected chi connectivity index (χ2v) is 4.66. The van der Waals surface area contributed by atoms with Gasteiger partial charge >= 0.3 is 5.97 Å². The fourth-order valence-corrected chi connectivity index (χ4v) is 1.78. The van der Waals surface area contributed by atoms with Gasteiger partial charge in [-0.1, -0.05) is 13.3 Å². The van der Waals surface area contributed by atoms with Gasteiger partial charge in [0.15, 0.2) is 5.69 Å². The van der Waals surface area contributed by atoms with Gasteiger partial charge in [-0.2, -0.15) is 10.4 Å². The summed E-state index contributed by atoms with van der Waals surface area (Å²) in [5.74, 6) is -0.327. The zero-order valence-corrected chi connectivity index (χ0v) is 12.2. The number of esters is 1. The highest BCUT2D eigenvalue weighted by atomic mass is 16.5. The Hall–Kier alpha value is -2.94. The van der Waals surface area contributed by atoms with Gasteiger partial charge in [0.05, 0.1) is 11.6 Å². The molecule has 0 saturated carbocycles. The van der Waals surface area contributed by atoms with E-state index in [1.165, 1.54) is 28.9 Å². The van der Waals surface area contributed by atoms with Gasteiger partial charge in [0.1, 0.15) is 5.75 Å². The molecular weight excluding hydrogens is 282 g/mol. The third kappa shape index (κ3) is 3.79. The monoisotopic (exact) mass is 297 g/mol. The lowest BCUT2D eigenvalue weighted by molar-refractivity contribution is 0.0725. The summed E-state index contributed by atoms with van der Waals surface area (Å²) in [6.45, 7) is 2.47. The molecule has 1 aromatic heterocycles. The summed E-state index contributed by atoms with van der Waals surface area (Å²) < 4.78 is 6.44. The Kier molecular flexibility index (Phi) is 5.04. The van der Waals surface area contributed by atoms with Crippen LogP contribution in [0.2, 0.25) is 0 Å². The minimum absolute atomic E-state index is 0.0695. The molecule has 112 valence electrons. The van der Waals surface area contributed by atoms with E-state index < -0.39 is 5.97 Å². The van der Waals surface area contributed by atoms with E-state index in [0.29, 0.717) is 17.9 Å². The number of unbranched alkanes of at least 4 members (excludes halogenated alkanes) is 1. The molecule has 6 heteroatoms. The van der Waals surface area contributed by atoms with Crippen LogP contribution in [0.15, 0.2) is 41.2 Å². The number of ether oxygens (including phenoxy) is 1. The van der Waals surface area contributed by atoms with Crippen LogP contribution in [0.4, 0.5) is 0 Å². The first-order valence-electron chi connectivity index (χ1n) is 6.94. The molecule has 22 heavy (non-hydrogen) atoms. The highest BCUT2D eigenvalue weighted by Crippen LogP contribution is 2.13. The molecule has 0 N–H and O–H groups in total. The molecule has 1 aromatic carbocycles.